The first-order chi connectivity index (χ1) is 7.70. The Labute approximate surface area is 105 Å². The molecule has 0 fully saturated rings. The quantitative estimate of drug-likeness (QED) is 0.816. The molecule has 2 N–H and O–H groups in total. The summed E-state index contributed by atoms with van der Waals surface area (Å²) in [6, 6.07) is 4.84. The maximum Gasteiger partial charge on any atom is 0.322 e. The van der Waals surface area contributed by atoms with E-state index in [4.69, 9.17) is 15.2 Å². The van der Waals surface area contributed by atoms with Crippen LogP contribution in [0.25, 0.3) is 0 Å². The summed E-state index contributed by atoms with van der Waals surface area (Å²) >= 11 is 0. The van der Waals surface area contributed by atoms with Gasteiger partial charge in [0.1, 0.15) is 6.04 Å². The van der Waals surface area contributed by atoms with E-state index in [1.165, 1.54) is 7.11 Å². The largest absolute Gasteiger partial charge is 0.468 e. The summed E-state index contributed by atoms with van der Waals surface area (Å²) in [6.45, 7) is 0.238. The van der Waals surface area contributed by atoms with Gasteiger partial charge in [0.2, 0.25) is 6.79 Å². The number of halogens is 1. The van der Waals surface area contributed by atoms with Crippen molar-refractivity contribution in [1.29, 1.82) is 0 Å². The molecule has 6 heteroatoms. The van der Waals surface area contributed by atoms with Crippen LogP contribution in [-0.2, 0) is 16.0 Å². The highest BCUT2D eigenvalue weighted by atomic mass is 35.5. The minimum atomic E-state index is -0.648. The van der Waals surface area contributed by atoms with E-state index in [0.717, 1.165) is 11.3 Å². The van der Waals surface area contributed by atoms with Gasteiger partial charge in [-0.05, 0) is 24.1 Å². The maximum absolute atomic E-state index is 11.1. The molecule has 0 unspecified atom stereocenters. The van der Waals surface area contributed by atoms with Gasteiger partial charge in [-0.2, -0.15) is 0 Å². The van der Waals surface area contributed by atoms with E-state index in [1.54, 1.807) is 0 Å². The molecular weight excluding hydrogens is 246 g/mol. The minimum absolute atomic E-state index is 0. The van der Waals surface area contributed by atoms with Crippen LogP contribution in [-0.4, -0.2) is 25.9 Å². The second kappa shape index (κ2) is 5.75. The standard InChI is InChI=1S/C11H13NO4.ClH/c1-14-11(13)8(12)4-7-2-3-9-10(5-7)16-6-15-9;/h2-3,5,8H,4,6,12H2,1H3;1H/t8-;/m0./s1. The molecule has 1 aliphatic rings. The van der Waals surface area contributed by atoms with E-state index in [0.29, 0.717) is 12.2 Å². The highest BCUT2D eigenvalue weighted by Gasteiger charge is 2.17. The summed E-state index contributed by atoms with van der Waals surface area (Å²) in [5.74, 6) is 0.989. The maximum atomic E-state index is 11.1. The molecule has 94 valence electrons. The first-order valence-corrected chi connectivity index (χ1v) is 4.92. The third-order valence-corrected chi connectivity index (χ3v) is 2.40. The molecule has 1 heterocycles. The lowest BCUT2D eigenvalue weighted by atomic mass is 10.1. The third kappa shape index (κ3) is 3.01. The number of carbonyl (C=O) groups excluding carboxylic acids is 1. The molecule has 0 radical (unpaired) electrons. The summed E-state index contributed by atoms with van der Waals surface area (Å²) < 4.78 is 15.0. The number of methoxy groups -OCH3 is 1. The zero-order valence-corrected chi connectivity index (χ0v) is 10.2. The van der Waals surface area contributed by atoms with E-state index < -0.39 is 12.0 Å². The lowest BCUT2D eigenvalue weighted by Gasteiger charge is -2.09. The molecule has 2 rings (SSSR count). The topological polar surface area (TPSA) is 70.8 Å². The lowest BCUT2D eigenvalue weighted by Crippen LogP contribution is -2.33. The molecule has 0 bridgehead atoms. The number of fused-ring (bicyclic) bond motifs is 1. The summed E-state index contributed by atoms with van der Waals surface area (Å²) in [7, 11) is 1.32. The Bertz CT molecular complexity index is 410. The van der Waals surface area contributed by atoms with E-state index in [2.05, 4.69) is 4.74 Å². The van der Waals surface area contributed by atoms with Gasteiger partial charge < -0.3 is 19.9 Å². The Kier molecular flexibility index (Phi) is 4.60. The molecule has 1 aliphatic heterocycles. The van der Waals surface area contributed by atoms with Crippen molar-refractivity contribution in [3.63, 3.8) is 0 Å². The number of hydrogen-bond donors (Lipinski definition) is 1. The fraction of sp³-hybridized carbons (Fsp3) is 0.364. The zero-order valence-electron chi connectivity index (χ0n) is 9.34. The number of carbonyl (C=O) groups is 1. The van der Waals surface area contributed by atoms with Crippen LogP contribution in [0.2, 0.25) is 0 Å². The van der Waals surface area contributed by atoms with Crippen LogP contribution in [0.5, 0.6) is 11.5 Å². The number of rotatable bonds is 3. The van der Waals surface area contributed by atoms with E-state index in [1.807, 2.05) is 18.2 Å². The second-order valence-corrected chi connectivity index (χ2v) is 3.52. The van der Waals surface area contributed by atoms with Crippen molar-refractivity contribution in [2.45, 2.75) is 12.5 Å². The van der Waals surface area contributed by atoms with E-state index in [-0.39, 0.29) is 19.2 Å². The van der Waals surface area contributed by atoms with Gasteiger partial charge in [0.15, 0.2) is 11.5 Å². The van der Waals surface area contributed by atoms with Crippen molar-refractivity contribution in [2.24, 2.45) is 5.73 Å². The van der Waals surface area contributed by atoms with Crippen molar-refractivity contribution in [3.8, 4) is 11.5 Å². The number of hydrogen-bond acceptors (Lipinski definition) is 5. The lowest BCUT2D eigenvalue weighted by molar-refractivity contribution is -0.142. The average Bonchev–Trinajstić information content (AvgIpc) is 2.75. The normalized spacial score (nSPS) is 13.8. The molecule has 0 aliphatic carbocycles. The Morgan fingerprint density at radius 2 is 2.18 bits per heavy atom. The van der Waals surface area contributed by atoms with Crippen LogP contribution >= 0.6 is 12.4 Å². The Balaban J connectivity index is 0.00000144. The molecule has 0 saturated carbocycles. The van der Waals surface area contributed by atoms with Crippen LogP contribution in [0, 0.1) is 0 Å². The smallest absolute Gasteiger partial charge is 0.322 e. The first-order valence-electron chi connectivity index (χ1n) is 4.92. The van der Waals surface area contributed by atoms with Crippen LogP contribution in [0.4, 0.5) is 0 Å². The number of ether oxygens (including phenoxy) is 3. The third-order valence-electron chi connectivity index (χ3n) is 2.40. The summed E-state index contributed by atoms with van der Waals surface area (Å²) in [5, 5.41) is 0. The van der Waals surface area contributed by atoms with Crippen LogP contribution < -0.4 is 15.2 Å². The van der Waals surface area contributed by atoms with Gasteiger partial charge in [0.25, 0.3) is 0 Å². The van der Waals surface area contributed by atoms with Gasteiger partial charge >= 0.3 is 5.97 Å². The first kappa shape index (κ1) is 13.6. The summed E-state index contributed by atoms with van der Waals surface area (Å²) in [5.41, 5.74) is 6.58. The Morgan fingerprint density at radius 1 is 1.47 bits per heavy atom. The molecule has 0 spiro atoms. The van der Waals surface area contributed by atoms with Gasteiger partial charge in [-0.25, -0.2) is 0 Å². The Hall–Kier alpha value is -1.46. The van der Waals surface area contributed by atoms with E-state index >= 15 is 0 Å². The molecule has 5 nitrogen and oxygen atoms in total. The van der Waals surface area contributed by atoms with Crippen molar-refractivity contribution in [1.82, 2.24) is 0 Å². The van der Waals surface area contributed by atoms with Gasteiger partial charge in [-0.1, -0.05) is 6.07 Å². The van der Waals surface area contributed by atoms with Crippen LogP contribution in [0.15, 0.2) is 18.2 Å². The molecule has 1 aromatic carbocycles. The van der Waals surface area contributed by atoms with Gasteiger partial charge in [0, 0.05) is 0 Å². The molecule has 17 heavy (non-hydrogen) atoms. The molecule has 1 atom stereocenters. The van der Waals surface area contributed by atoms with Crippen molar-refractivity contribution >= 4 is 18.4 Å². The fourth-order valence-corrected chi connectivity index (χ4v) is 1.56. The van der Waals surface area contributed by atoms with Crippen molar-refractivity contribution in [2.75, 3.05) is 13.9 Å². The summed E-state index contributed by atoms with van der Waals surface area (Å²) in [4.78, 5) is 11.1. The fourth-order valence-electron chi connectivity index (χ4n) is 1.56. The highest BCUT2D eigenvalue weighted by Crippen LogP contribution is 2.32. The monoisotopic (exact) mass is 259 g/mol. The minimum Gasteiger partial charge on any atom is -0.468 e. The Morgan fingerprint density at radius 3 is 2.88 bits per heavy atom. The number of esters is 1. The van der Waals surface area contributed by atoms with Crippen LogP contribution in [0.3, 0.4) is 0 Å². The van der Waals surface area contributed by atoms with E-state index in [9.17, 15) is 4.79 Å². The molecule has 1 aromatic rings. The molecule has 0 amide bonds. The van der Waals surface area contributed by atoms with Gasteiger partial charge in [0.05, 0.1) is 7.11 Å². The molecule has 0 saturated heterocycles. The number of nitrogens with two attached hydrogens (primary N) is 1. The second-order valence-electron chi connectivity index (χ2n) is 3.52. The predicted molar refractivity (Wildman–Crippen MR) is 63.5 cm³/mol. The van der Waals surface area contributed by atoms with Crippen LogP contribution in [0.1, 0.15) is 5.56 Å². The molecule has 0 aromatic heterocycles. The SMILES string of the molecule is COC(=O)[C@@H](N)Cc1ccc2c(c1)OCO2.Cl. The zero-order chi connectivity index (χ0) is 11.5. The summed E-state index contributed by atoms with van der Waals surface area (Å²) in [6.07, 6.45) is 0.420. The predicted octanol–water partition coefficient (Wildman–Crippen LogP) is 0.880. The van der Waals surface area contributed by atoms with Crippen molar-refractivity contribution < 1.29 is 19.0 Å². The van der Waals surface area contributed by atoms with Crippen molar-refractivity contribution in [3.05, 3.63) is 23.8 Å². The molecular formula is C11H14ClNO4. The number of benzene rings is 1. The highest BCUT2D eigenvalue weighted by molar-refractivity contribution is 5.85. The van der Waals surface area contributed by atoms with Gasteiger partial charge in [-0.15, -0.1) is 12.4 Å². The van der Waals surface area contributed by atoms with Gasteiger partial charge in [-0.3, -0.25) is 4.79 Å². The average molecular weight is 260 g/mol.